The molecule has 1 aliphatic heterocycles. The van der Waals surface area contributed by atoms with E-state index in [9.17, 15) is 0 Å². The molecule has 0 unspecified atom stereocenters. The zero-order chi connectivity index (χ0) is 14.8. The first-order chi connectivity index (χ1) is 10.9. The Morgan fingerprint density at radius 3 is 3.09 bits per heavy atom. The van der Waals surface area contributed by atoms with E-state index in [1.807, 2.05) is 22.3 Å². The SMILES string of the molecule is c1ccc2sc(CN3CCC[C@H](Cn4cncn4)C3)nc2c1. The summed E-state index contributed by atoms with van der Waals surface area (Å²) < 4.78 is 3.24. The number of thiazole rings is 1. The maximum absolute atomic E-state index is 4.76. The number of piperidine rings is 1. The Morgan fingerprint density at radius 1 is 1.27 bits per heavy atom. The smallest absolute Gasteiger partial charge is 0.137 e. The van der Waals surface area contributed by atoms with Crippen molar-refractivity contribution in [1.29, 1.82) is 0 Å². The van der Waals surface area contributed by atoms with Crippen molar-refractivity contribution in [1.82, 2.24) is 24.6 Å². The van der Waals surface area contributed by atoms with Crippen LogP contribution in [0.4, 0.5) is 0 Å². The van der Waals surface area contributed by atoms with Crippen LogP contribution in [0.2, 0.25) is 0 Å². The third kappa shape index (κ3) is 3.03. The average Bonchev–Trinajstić information content (AvgIpc) is 3.16. The lowest BCUT2D eigenvalue weighted by atomic mass is 9.98. The fraction of sp³-hybridized carbons (Fsp3) is 0.438. The van der Waals surface area contributed by atoms with Gasteiger partial charge in [-0.15, -0.1) is 11.3 Å². The first kappa shape index (κ1) is 13.8. The molecular weight excluding hydrogens is 294 g/mol. The van der Waals surface area contributed by atoms with Crippen molar-refractivity contribution in [2.75, 3.05) is 13.1 Å². The van der Waals surface area contributed by atoms with E-state index in [2.05, 4.69) is 39.2 Å². The van der Waals surface area contributed by atoms with E-state index in [1.165, 1.54) is 29.1 Å². The monoisotopic (exact) mass is 313 g/mol. The van der Waals surface area contributed by atoms with Crippen molar-refractivity contribution in [2.24, 2.45) is 5.92 Å². The second-order valence-electron chi connectivity index (χ2n) is 5.94. The molecule has 3 aromatic rings. The number of para-hydroxylation sites is 1. The lowest BCUT2D eigenvalue weighted by molar-refractivity contribution is 0.153. The second kappa shape index (κ2) is 6.14. The van der Waals surface area contributed by atoms with E-state index in [0.717, 1.165) is 25.2 Å². The Balaban J connectivity index is 1.41. The molecule has 1 atom stereocenters. The van der Waals surface area contributed by atoms with Crippen LogP contribution in [0, 0.1) is 5.92 Å². The molecule has 5 nitrogen and oxygen atoms in total. The standard InChI is InChI=1S/C16H19N5S/c1-2-6-15-14(5-1)19-16(22-15)10-20-7-3-4-13(8-20)9-21-12-17-11-18-21/h1-2,5-6,11-13H,3-4,7-10H2/t13-/m0/s1. The summed E-state index contributed by atoms with van der Waals surface area (Å²) in [4.78, 5) is 11.3. The Morgan fingerprint density at radius 2 is 2.23 bits per heavy atom. The Bertz CT molecular complexity index is 703. The van der Waals surface area contributed by atoms with Crippen LogP contribution in [0.25, 0.3) is 10.2 Å². The summed E-state index contributed by atoms with van der Waals surface area (Å²) >= 11 is 1.82. The van der Waals surface area contributed by atoms with E-state index in [0.29, 0.717) is 5.92 Å². The van der Waals surface area contributed by atoms with E-state index >= 15 is 0 Å². The number of likely N-dealkylation sites (tertiary alicyclic amines) is 1. The highest BCUT2D eigenvalue weighted by atomic mass is 32.1. The Labute approximate surface area is 133 Å². The molecule has 0 bridgehead atoms. The van der Waals surface area contributed by atoms with Crippen LogP contribution >= 0.6 is 11.3 Å². The highest BCUT2D eigenvalue weighted by Crippen LogP contribution is 2.25. The molecule has 1 aromatic carbocycles. The van der Waals surface area contributed by atoms with E-state index < -0.39 is 0 Å². The minimum Gasteiger partial charge on any atom is -0.296 e. The molecule has 2 aromatic heterocycles. The molecule has 1 saturated heterocycles. The van der Waals surface area contributed by atoms with Crippen LogP contribution in [0.15, 0.2) is 36.9 Å². The normalized spacial score (nSPS) is 19.7. The predicted molar refractivity (Wildman–Crippen MR) is 87.6 cm³/mol. The molecule has 0 saturated carbocycles. The predicted octanol–water partition coefficient (Wildman–Crippen LogP) is 2.80. The number of fused-ring (bicyclic) bond motifs is 1. The molecule has 0 N–H and O–H groups in total. The fourth-order valence-electron chi connectivity index (χ4n) is 3.21. The fourth-order valence-corrected chi connectivity index (χ4v) is 4.22. The maximum Gasteiger partial charge on any atom is 0.137 e. The molecule has 114 valence electrons. The van der Waals surface area contributed by atoms with Gasteiger partial charge in [-0.2, -0.15) is 5.10 Å². The van der Waals surface area contributed by atoms with Crippen molar-refractivity contribution in [3.63, 3.8) is 0 Å². The van der Waals surface area contributed by atoms with Crippen LogP contribution in [-0.2, 0) is 13.1 Å². The van der Waals surface area contributed by atoms with Crippen molar-refractivity contribution >= 4 is 21.6 Å². The van der Waals surface area contributed by atoms with Crippen LogP contribution in [0.3, 0.4) is 0 Å². The minimum absolute atomic E-state index is 0.657. The summed E-state index contributed by atoms with van der Waals surface area (Å²) in [6.45, 7) is 4.23. The molecule has 6 heteroatoms. The summed E-state index contributed by atoms with van der Waals surface area (Å²) in [5.74, 6) is 0.657. The number of benzene rings is 1. The molecule has 3 heterocycles. The van der Waals surface area contributed by atoms with Crippen LogP contribution in [0.1, 0.15) is 17.8 Å². The van der Waals surface area contributed by atoms with E-state index in [4.69, 9.17) is 4.98 Å². The molecular formula is C16H19N5S. The van der Waals surface area contributed by atoms with E-state index in [-0.39, 0.29) is 0 Å². The van der Waals surface area contributed by atoms with Crippen molar-refractivity contribution in [3.05, 3.63) is 41.9 Å². The van der Waals surface area contributed by atoms with Gasteiger partial charge in [-0.1, -0.05) is 12.1 Å². The van der Waals surface area contributed by atoms with Gasteiger partial charge < -0.3 is 0 Å². The zero-order valence-electron chi connectivity index (χ0n) is 12.4. The number of hydrogen-bond donors (Lipinski definition) is 0. The Hall–Kier alpha value is -1.79. The van der Waals surface area contributed by atoms with Gasteiger partial charge in [-0.05, 0) is 37.4 Å². The number of aromatic nitrogens is 4. The van der Waals surface area contributed by atoms with Gasteiger partial charge >= 0.3 is 0 Å². The number of hydrogen-bond acceptors (Lipinski definition) is 5. The average molecular weight is 313 g/mol. The van der Waals surface area contributed by atoms with Gasteiger partial charge in [0.1, 0.15) is 17.7 Å². The molecule has 0 spiro atoms. The number of nitrogens with zero attached hydrogens (tertiary/aromatic N) is 5. The number of rotatable bonds is 4. The van der Waals surface area contributed by atoms with Gasteiger partial charge in [0, 0.05) is 13.1 Å². The summed E-state index contributed by atoms with van der Waals surface area (Å²) in [6.07, 6.45) is 5.95. The van der Waals surface area contributed by atoms with Crippen LogP contribution in [-0.4, -0.2) is 37.7 Å². The van der Waals surface area contributed by atoms with Crippen molar-refractivity contribution < 1.29 is 0 Å². The lowest BCUT2D eigenvalue weighted by Gasteiger charge is -2.31. The second-order valence-corrected chi connectivity index (χ2v) is 7.05. The first-order valence-corrected chi connectivity index (χ1v) is 8.58. The zero-order valence-corrected chi connectivity index (χ0v) is 13.2. The molecule has 4 rings (SSSR count). The van der Waals surface area contributed by atoms with Crippen molar-refractivity contribution in [3.8, 4) is 0 Å². The summed E-state index contributed by atoms with van der Waals surface area (Å²) in [5.41, 5.74) is 1.12. The third-order valence-electron chi connectivity index (χ3n) is 4.21. The van der Waals surface area contributed by atoms with Gasteiger partial charge in [-0.3, -0.25) is 9.58 Å². The van der Waals surface area contributed by atoms with Gasteiger partial charge in [0.25, 0.3) is 0 Å². The molecule has 0 radical (unpaired) electrons. The van der Waals surface area contributed by atoms with Gasteiger partial charge in [0.15, 0.2) is 0 Å². The van der Waals surface area contributed by atoms with Crippen LogP contribution in [0.5, 0.6) is 0 Å². The topological polar surface area (TPSA) is 46.8 Å². The van der Waals surface area contributed by atoms with Crippen molar-refractivity contribution in [2.45, 2.75) is 25.9 Å². The first-order valence-electron chi connectivity index (χ1n) is 7.76. The Kier molecular flexibility index (Phi) is 3.86. The van der Waals surface area contributed by atoms with E-state index in [1.54, 1.807) is 6.33 Å². The molecule has 1 fully saturated rings. The summed E-state index contributed by atoms with van der Waals surface area (Å²) in [5, 5.41) is 5.45. The summed E-state index contributed by atoms with van der Waals surface area (Å²) in [7, 11) is 0. The largest absolute Gasteiger partial charge is 0.296 e. The minimum atomic E-state index is 0.657. The molecule has 0 amide bonds. The highest BCUT2D eigenvalue weighted by Gasteiger charge is 2.21. The lowest BCUT2D eigenvalue weighted by Crippen LogP contribution is -2.36. The molecule has 22 heavy (non-hydrogen) atoms. The molecule has 1 aliphatic rings. The van der Waals surface area contributed by atoms with Gasteiger partial charge in [-0.25, -0.2) is 9.97 Å². The quantitative estimate of drug-likeness (QED) is 0.743. The summed E-state index contributed by atoms with van der Waals surface area (Å²) in [6, 6.07) is 8.39. The van der Waals surface area contributed by atoms with Gasteiger partial charge in [0.05, 0.1) is 16.8 Å². The highest BCUT2D eigenvalue weighted by molar-refractivity contribution is 7.18. The third-order valence-corrected chi connectivity index (χ3v) is 5.23. The van der Waals surface area contributed by atoms with Crippen LogP contribution < -0.4 is 0 Å². The maximum atomic E-state index is 4.76. The van der Waals surface area contributed by atoms with Gasteiger partial charge in [0.2, 0.25) is 0 Å². The molecule has 0 aliphatic carbocycles.